The van der Waals surface area contributed by atoms with Crippen LogP contribution in [-0.2, 0) is 5.88 Å². The van der Waals surface area contributed by atoms with Crippen LogP contribution in [0.3, 0.4) is 0 Å². The maximum atomic E-state index is 13.0. The Balaban J connectivity index is 2.62. The van der Waals surface area contributed by atoms with Crippen LogP contribution in [0.1, 0.15) is 5.69 Å². The van der Waals surface area contributed by atoms with E-state index in [1.165, 1.54) is 0 Å². The molecule has 1 aromatic carbocycles. The van der Waals surface area contributed by atoms with Crippen molar-refractivity contribution < 1.29 is 13.2 Å². The van der Waals surface area contributed by atoms with E-state index in [2.05, 4.69) is 9.97 Å². The molecule has 0 saturated heterocycles. The van der Waals surface area contributed by atoms with Crippen LogP contribution in [0.2, 0.25) is 0 Å². The fraction of sp³-hybridized carbons (Fsp3) is 0.0909. The average Bonchev–Trinajstić information content (AvgIpc) is 2.34. The van der Waals surface area contributed by atoms with E-state index in [1.807, 2.05) is 0 Å². The van der Waals surface area contributed by atoms with Crippen molar-refractivity contribution in [1.29, 1.82) is 0 Å². The van der Waals surface area contributed by atoms with E-state index in [0.717, 1.165) is 18.2 Å². The molecule has 3 nitrogen and oxygen atoms in total. The number of nitrogens with one attached hydrogen (secondary N) is 1. The molecule has 1 aromatic heterocycles. The van der Waals surface area contributed by atoms with Gasteiger partial charge in [0.05, 0.1) is 11.6 Å². The quantitative estimate of drug-likeness (QED) is 0.676. The van der Waals surface area contributed by atoms with Crippen molar-refractivity contribution in [1.82, 2.24) is 9.97 Å². The Morgan fingerprint density at radius 3 is 2.33 bits per heavy atom. The van der Waals surface area contributed by atoms with Crippen LogP contribution in [0.15, 0.2) is 23.0 Å². The van der Waals surface area contributed by atoms with Crippen molar-refractivity contribution in [3.05, 3.63) is 51.7 Å². The summed E-state index contributed by atoms with van der Waals surface area (Å²) in [6.07, 6.45) is 0. The van der Waals surface area contributed by atoms with Gasteiger partial charge in [-0.25, -0.2) is 18.2 Å². The largest absolute Gasteiger partial charge is 0.307 e. The number of hydrogen-bond acceptors (Lipinski definition) is 2. The van der Waals surface area contributed by atoms with E-state index >= 15 is 0 Å². The standard InChI is InChI=1S/C11H6ClF3N2O/c12-4-6-3-9(18)17-11(16-6)5-1-7(13)10(15)8(14)2-5/h1-3H,4H2,(H,16,17,18). The van der Waals surface area contributed by atoms with Gasteiger partial charge in [0.1, 0.15) is 5.82 Å². The van der Waals surface area contributed by atoms with Crippen molar-refractivity contribution >= 4 is 11.6 Å². The highest BCUT2D eigenvalue weighted by Gasteiger charge is 2.13. The molecule has 18 heavy (non-hydrogen) atoms. The number of hydrogen-bond donors (Lipinski definition) is 1. The smallest absolute Gasteiger partial charge is 0.251 e. The van der Waals surface area contributed by atoms with E-state index in [0.29, 0.717) is 0 Å². The van der Waals surface area contributed by atoms with Gasteiger partial charge in [-0.15, -0.1) is 11.6 Å². The van der Waals surface area contributed by atoms with Gasteiger partial charge in [0.2, 0.25) is 0 Å². The summed E-state index contributed by atoms with van der Waals surface area (Å²) in [6, 6.07) is 2.65. The van der Waals surface area contributed by atoms with Crippen molar-refractivity contribution in [2.45, 2.75) is 5.88 Å². The summed E-state index contributed by atoms with van der Waals surface area (Å²) in [7, 11) is 0. The Hall–Kier alpha value is -1.82. The molecule has 1 heterocycles. The third-order valence-corrected chi connectivity index (χ3v) is 2.46. The SMILES string of the molecule is O=c1cc(CCl)nc(-c2cc(F)c(F)c(F)c2)[nH]1. The minimum absolute atomic E-state index is 0.0247. The first kappa shape index (κ1) is 12.6. The lowest BCUT2D eigenvalue weighted by molar-refractivity contribution is 0.447. The maximum Gasteiger partial charge on any atom is 0.251 e. The average molecular weight is 275 g/mol. The fourth-order valence-electron chi connectivity index (χ4n) is 1.41. The minimum Gasteiger partial charge on any atom is -0.307 e. The predicted molar refractivity (Wildman–Crippen MR) is 59.7 cm³/mol. The number of nitrogens with zero attached hydrogens (tertiary/aromatic N) is 1. The second-order valence-corrected chi connectivity index (χ2v) is 3.74. The number of aromatic amines is 1. The van der Waals surface area contributed by atoms with E-state index in [-0.39, 0.29) is 23.0 Å². The maximum absolute atomic E-state index is 13.0. The predicted octanol–water partition coefficient (Wildman–Crippen LogP) is 2.59. The molecule has 0 aliphatic heterocycles. The molecule has 0 spiro atoms. The lowest BCUT2D eigenvalue weighted by Gasteiger charge is -2.04. The number of H-pyrrole nitrogens is 1. The Kier molecular flexibility index (Phi) is 3.38. The number of rotatable bonds is 2. The van der Waals surface area contributed by atoms with Gasteiger partial charge >= 0.3 is 0 Å². The van der Waals surface area contributed by atoms with Crippen LogP contribution < -0.4 is 5.56 Å². The second kappa shape index (κ2) is 4.81. The van der Waals surface area contributed by atoms with E-state index in [9.17, 15) is 18.0 Å². The first-order valence-electron chi connectivity index (χ1n) is 4.82. The summed E-state index contributed by atoms with van der Waals surface area (Å²) in [5.74, 6) is -4.39. The molecule has 7 heteroatoms. The van der Waals surface area contributed by atoms with Crippen LogP contribution in [0, 0.1) is 17.5 Å². The minimum atomic E-state index is -1.57. The zero-order chi connectivity index (χ0) is 13.3. The van der Waals surface area contributed by atoms with Crippen LogP contribution in [0.25, 0.3) is 11.4 Å². The zero-order valence-corrected chi connectivity index (χ0v) is 9.56. The Bertz CT molecular complexity index is 634. The van der Waals surface area contributed by atoms with Crippen LogP contribution in [0.4, 0.5) is 13.2 Å². The monoisotopic (exact) mass is 274 g/mol. The molecule has 0 radical (unpaired) electrons. The first-order chi connectivity index (χ1) is 8.51. The molecular formula is C11H6ClF3N2O. The zero-order valence-electron chi connectivity index (χ0n) is 8.81. The van der Waals surface area contributed by atoms with Crippen LogP contribution >= 0.6 is 11.6 Å². The molecule has 2 aromatic rings. The number of halogens is 4. The van der Waals surface area contributed by atoms with Crippen molar-refractivity contribution in [3.63, 3.8) is 0 Å². The van der Waals surface area contributed by atoms with Gasteiger partial charge < -0.3 is 4.98 Å². The van der Waals surface area contributed by atoms with E-state index in [4.69, 9.17) is 11.6 Å². The lowest BCUT2D eigenvalue weighted by Crippen LogP contribution is -2.10. The lowest BCUT2D eigenvalue weighted by atomic mass is 10.2. The highest BCUT2D eigenvalue weighted by molar-refractivity contribution is 6.16. The molecule has 0 saturated carbocycles. The topological polar surface area (TPSA) is 45.8 Å². The Morgan fingerprint density at radius 1 is 1.17 bits per heavy atom. The molecule has 0 aliphatic rings. The van der Waals surface area contributed by atoms with Gasteiger partial charge in [-0.1, -0.05) is 0 Å². The summed E-state index contributed by atoms with van der Waals surface area (Å²) < 4.78 is 38.9. The van der Waals surface area contributed by atoms with Crippen molar-refractivity contribution in [2.75, 3.05) is 0 Å². The summed E-state index contributed by atoms with van der Waals surface area (Å²) >= 11 is 5.52. The van der Waals surface area contributed by atoms with Gasteiger partial charge in [-0.3, -0.25) is 4.79 Å². The molecule has 0 atom stereocenters. The van der Waals surface area contributed by atoms with Gasteiger partial charge in [0.15, 0.2) is 17.5 Å². The summed E-state index contributed by atoms with van der Waals surface area (Å²) in [6.45, 7) is 0. The molecular weight excluding hydrogens is 269 g/mol. The highest BCUT2D eigenvalue weighted by Crippen LogP contribution is 2.20. The summed E-state index contributed by atoms with van der Waals surface area (Å²) in [5.41, 5.74) is -0.336. The Labute approximate surface area is 104 Å². The fourth-order valence-corrected chi connectivity index (χ4v) is 1.54. The van der Waals surface area contributed by atoms with Crippen LogP contribution in [-0.4, -0.2) is 9.97 Å². The van der Waals surface area contributed by atoms with Crippen LogP contribution in [0.5, 0.6) is 0 Å². The number of aromatic nitrogens is 2. The molecule has 0 fully saturated rings. The third kappa shape index (κ3) is 2.38. The highest BCUT2D eigenvalue weighted by atomic mass is 35.5. The molecule has 0 aliphatic carbocycles. The van der Waals surface area contributed by atoms with Gasteiger partial charge in [-0.2, -0.15) is 0 Å². The molecule has 0 unspecified atom stereocenters. The van der Waals surface area contributed by atoms with E-state index < -0.39 is 23.0 Å². The second-order valence-electron chi connectivity index (χ2n) is 3.47. The number of alkyl halides is 1. The summed E-state index contributed by atoms with van der Waals surface area (Å²) in [4.78, 5) is 17.4. The third-order valence-electron chi connectivity index (χ3n) is 2.19. The first-order valence-corrected chi connectivity index (χ1v) is 5.36. The van der Waals surface area contributed by atoms with Gasteiger partial charge in [0, 0.05) is 11.6 Å². The molecule has 0 amide bonds. The normalized spacial score (nSPS) is 10.7. The Morgan fingerprint density at radius 2 is 1.78 bits per heavy atom. The van der Waals surface area contributed by atoms with Crippen molar-refractivity contribution in [2.24, 2.45) is 0 Å². The molecule has 0 bridgehead atoms. The molecule has 1 N–H and O–H groups in total. The molecule has 2 rings (SSSR count). The van der Waals surface area contributed by atoms with E-state index in [1.54, 1.807) is 0 Å². The number of benzene rings is 1. The van der Waals surface area contributed by atoms with Gasteiger partial charge in [0.25, 0.3) is 5.56 Å². The molecule has 94 valence electrons. The summed E-state index contributed by atoms with van der Waals surface area (Å²) in [5, 5.41) is 0. The van der Waals surface area contributed by atoms with Gasteiger partial charge in [-0.05, 0) is 12.1 Å². The van der Waals surface area contributed by atoms with Crippen molar-refractivity contribution in [3.8, 4) is 11.4 Å².